The Labute approximate surface area is 120 Å². The number of nitrogens with zero attached hydrogens (tertiary/aromatic N) is 2. The maximum absolute atomic E-state index is 5.73. The molecule has 104 valence electrons. The molecule has 1 aliphatic rings. The highest BCUT2D eigenvalue weighted by atomic mass is 32.1. The van der Waals surface area contributed by atoms with Gasteiger partial charge in [0.1, 0.15) is 17.3 Å². The summed E-state index contributed by atoms with van der Waals surface area (Å²) in [5.41, 5.74) is 6.43. The number of hydrogen-bond donors (Lipinski definition) is 1. The van der Waals surface area contributed by atoms with E-state index in [1.165, 1.54) is 0 Å². The molecule has 1 aromatic rings. The third-order valence-corrected chi connectivity index (χ3v) is 3.65. The average molecular weight is 279 g/mol. The van der Waals surface area contributed by atoms with E-state index in [0.717, 1.165) is 50.6 Å². The number of rotatable bonds is 5. The van der Waals surface area contributed by atoms with Crippen LogP contribution in [0, 0.1) is 0 Å². The summed E-state index contributed by atoms with van der Waals surface area (Å²) in [6, 6.07) is 7.62. The van der Waals surface area contributed by atoms with E-state index in [1.807, 2.05) is 24.3 Å². The fourth-order valence-electron chi connectivity index (χ4n) is 2.08. The molecule has 0 bridgehead atoms. The third kappa shape index (κ3) is 4.45. The molecule has 0 aliphatic carbocycles. The van der Waals surface area contributed by atoms with Crippen LogP contribution in [0.5, 0.6) is 5.75 Å². The number of piperazine rings is 1. The Morgan fingerprint density at radius 2 is 1.84 bits per heavy atom. The molecule has 5 heteroatoms. The molecule has 0 spiro atoms. The molecule has 0 unspecified atom stereocenters. The van der Waals surface area contributed by atoms with Gasteiger partial charge in [-0.1, -0.05) is 12.2 Å². The highest BCUT2D eigenvalue weighted by molar-refractivity contribution is 7.80. The van der Waals surface area contributed by atoms with Crippen molar-refractivity contribution in [2.45, 2.75) is 0 Å². The summed E-state index contributed by atoms with van der Waals surface area (Å²) in [7, 11) is 2.16. The molecule has 19 heavy (non-hydrogen) atoms. The second kappa shape index (κ2) is 6.84. The SMILES string of the molecule is CN1CCN(CCOc2ccc(C(N)=S)cc2)CC1. The summed E-state index contributed by atoms with van der Waals surface area (Å²) in [6.45, 7) is 6.23. The van der Waals surface area contributed by atoms with Crippen molar-refractivity contribution >= 4 is 17.2 Å². The first kappa shape index (κ1) is 14.2. The third-order valence-electron chi connectivity index (χ3n) is 3.41. The molecule has 0 aromatic heterocycles. The minimum atomic E-state index is 0.420. The summed E-state index contributed by atoms with van der Waals surface area (Å²) in [5.74, 6) is 0.870. The molecule has 0 radical (unpaired) electrons. The normalized spacial score (nSPS) is 17.3. The molecule has 1 heterocycles. The van der Waals surface area contributed by atoms with Crippen LogP contribution in [0.15, 0.2) is 24.3 Å². The Hall–Kier alpha value is -1.17. The predicted molar refractivity (Wildman–Crippen MR) is 81.8 cm³/mol. The molecule has 1 aliphatic heterocycles. The van der Waals surface area contributed by atoms with E-state index < -0.39 is 0 Å². The van der Waals surface area contributed by atoms with Crippen molar-refractivity contribution in [3.05, 3.63) is 29.8 Å². The van der Waals surface area contributed by atoms with Gasteiger partial charge in [0, 0.05) is 38.3 Å². The maximum Gasteiger partial charge on any atom is 0.119 e. The first-order chi connectivity index (χ1) is 9.15. The lowest BCUT2D eigenvalue weighted by Gasteiger charge is -2.32. The average Bonchev–Trinajstić information content (AvgIpc) is 2.41. The van der Waals surface area contributed by atoms with E-state index in [1.54, 1.807) is 0 Å². The van der Waals surface area contributed by atoms with Crippen LogP contribution in [0.4, 0.5) is 0 Å². The number of ether oxygens (including phenoxy) is 1. The van der Waals surface area contributed by atoms with Gasteiger partial charge in [-0.3, -0.25) is 4.90 Å². The largest absolute Gasteiger partial charge is 0.492 e. The Balaban J connectivity index is 1.72. The van der Waals surface area contributed by atoms with Gasteiger partial charge in [0.2, 0.25) is 0 Å². The van der Waals surface area contributed by atoms with E-state index in [4.69, 9.17) is 22.7 Å². The van der Waals surface area contributed by atoms with Crippen LogP contribution >= 0.6 is 12.2 Å². The zero-order valence-corrected chi connectivity index (χ0v) is 12.2. The van der Waals surface area contributed by atoms with Gasteiger partial charge >= 0.3 is 0 Å². The van der Waals surface area contributed by atoms with E-state index in [2.05, 4.69) is 16.8 Å². The van der Waals surface area contributed by atoms with Crippen molar-refractivity contribution in [2.24, 2.45) is 5.73 Å². The molecule has 1 saturated heterocycles. The lowest BCUT2D eigenvalue weighted by molar-refractivity contribution is 0.134. The monoisotopic (exact) mass is 279 g/mol. The van der Waals surface area contributed by atoms with Crippen molar-refractivity contribution in [2.75, 3.05) is 46.4 Å². The highest BCUT2D eigenvalue weighted by Gasteiger charge is 2.13. The highest BCUT2D eigenvalue weighted by Crippen LogP contribution is 2.12. The van der Waals surface area contributed by atoms with Gasteiger partial charge in [0.25, 0.3) is 0 Å². The van der Waals surface area contributed by atoms with Crippen LogP contribution in [-0.4, -0.2) is 61.2 Å². The second-order valence-corrected chi connectivity index (χ2v) is 5.32. The molecule has 0 amide bonds. The van der Waals surface area contributed by atoms with Gasteiger partial charge in [-0.15, -0.1) is 0 Å². The summed E-state index contributed by atoms with van der Waals surface area (Å²) < 4.78 is 5.73. The van der Waals surface area contributed by atoms with Crippen LogP contribution < -0.4 is 10.5 Å². The van der Waals surface area contributed by atoms with Crippen LogP contribution in [0.25, 0.3) is 0 Å². The number of benzene rings is 1. The molecule has 2 N–H and O–H groups in total. The van der Waals surface area contributed by atoms with Crippen molar-refractivity contribution in [3.8, 4) is 5.75 Å². The zero-order valence-electron chi connectivity index (χ0n) is 11.3. The van der Waals surface area contributed by atoms with Gasteiger partial charge in [-0.2, -0.15) is 0 Å². The second-order valence-electron chi connectivity index (χ2n) is 4.88. The van der Waals surface area contributed by atoms with Gasteiger partial charge in [-0.05, 0) is 31.3 Å². The summed E-state index contributed by atoms with van der Waals surface area (Å²) in [4.78, 5) is 5.21. The lowest BCUT2D eigenvalue weighted by Crippen LogP contribution is -2.45. The standard InChI is InChI=1S/C14H21N3OS/c1-16-6-8-17(9-7-16)10-11-18-13-4-2-12(3-5-13)14(15)19/h2-5H,6-11H2,1H3,(H2,15,19). The van der Waals surface area contributed by atoms with Gasteiger partial charge in [0.15, 0.2) is 0 Å². The number of thiocarbonyl (C=S) groups is 1. The van der Waals surface area contributed by atoms with Crippen LogP contribution in [0.3, 0.4) is 0 Å². The first-order valence-electron chi connectivity index (χ1n) is 6.59. The molecule has 0 saturated carbocycles. The summed E-state index contributed by atoms with van der Waals surface area (Å²) >= 11 is 4.91. The van der Waals surface area contributed by atoms with Crippen LogP contribution in [0.1, 0.15) is 5.56 Å². The van der Waals surface area contributed by atoms with E-state index in [0.29, 0.717) is 4.99 Å². The molecular weight excluding hydrogens is 258 g/mol. The number of hydrogen-bond acceptors (Lipinski definition) is 4. The van der Waals surface area contributed by atoms with E-state index in [-0.39, 0.29) is 0 Å². The Kier molecular flexibility index (Phi) is 5.13. The minimum Gasteiger partial charge on any atom is -0.492 e. The lowest BCUT2D eigenvalue weighted by atomic mass is 10.2. The Bertz CT molecular complexity index is 413. The maximum atomic E-state index is 5.73. The van der Waals surface area contributed by atoms with Gasteiger partial charge in [-0.25, -0.2) is 0 Å². The fraction of sp³-hybridized carbons (Fsp3) is 0.500. The van der Waals surface area contributed by atoms with E-state index in [9.17, 15) is 0 Å². The Morgan fingerprint density at radius 1 is 1.21 bits per heavy atom. The first-order valence-corrected chi connectivity index (χ1v) is 6.99. The molecule has 4 nitrogen and oxygen atoms in total. The summed E-state index contributed by atoms with van der Waals surface area (Å²) in [5, 5.41) is 0. The van der Waals surface area contributed by atoms with Crippen molar-refractivity contribution in [1.29, 1.82) is 0 Å². The van der Waals surface area contributed by atoms with Crippen LogP contribution in [0.2, 0.25) is 0 Å². The Morgan fingerprint density at radius 3 is 2.42 bits per heavy atom. The van der Waals surface area contributed by atoms with Crippen LogP contribution in [-0.2, 0) is 0 Å². The number of likely N-dealkylation sites (N-methyl/N-ethyl adjacent to an activating group) is 1. The van der Waals surface area contributed by atoms with Crippen molar-refractivity contribution in [1.82, 2.24) is 9.80 Å². The van der Waals surface area contributed by atoms with Crippen molar-refractivity contribution in [3.63, 3.8) is 0 Å². The molecule has 1 aromatic carbocycles. The van der Waals surface area contributed by atoms with E-state index >= 15 is 0 Å². The van der Waals surface area contributed by atoms with Crippen molar-refractivity contribution < 1.29 is 4.74 Å². The molecular formula is C14H21N3OS. The smallest absolute Gasteiger partial charge is 0.119 e. The number of nitrogens with two attached hydrogens (primary N) is 1. The predicted octanol–water partition coefficient (Wildman–Crippen LogP) is 0.947. The molecule has 1 fully saturated rings. The minimum absolute atomic E-state index is 0.420. The fourth-order valence-corrected chi connectivity index (χ4v) is 2.22. The molecule has 2 rings (SSSR count). The summed E-state index contributed by atoms with van der Waals surface area (Å²) in [6.07, 6.45) is 0. The zero-order chi connectivity index (χ0) is 13.7. The van der Waals surface area contributed by atoms with Gasteiger partial charge < -0.3 is 15.4 Å². The quantitative estimate of drug-likeness (QED) is 0.813. The topological polar surface area (TPSA) is 41.7 Å². The molecule has 0 atom stereocenters. The van der Waals surface area contributed by atoms with Gasteiger partial charge in [0.05, 0.1) is 0 Å².